The van der Waals surface area contributed by atoms with Gasteiger partial charge in [0.1, 0.15) is 17.1 Å². The summed E-state index contributed by atoms with van der Waals surface area (Å²) in [5.74, 6) is 1.18. The SMILES string of the molecule is CCOc1c(/C(C)=C/C(=O)Nc2cccc(OC)c2)cc2c(-c3ccccc3)coc2c1C. The highest BCUT2D eigenvalue weighted by molar-refractivity contribution is 6.06. The third-order valence-electron chi connectivity index (χ3n) is 5.53. The van der Waals surface area contributed by atoms with Crippen molar-refractivity contribution in [1.29, 1.82) is 0 Å². The Kier molecular flexibility index (Phi) is 6.50. The summed E-state index contributed by atoms with van der Waals surface area (Å²) in [6.45, 7) is 6.35. The number of carbonyl (C=O) groups is 1. The molecule has 0 atom stereocenters. The molecule has 4 aromatic rings. The van der Waals surface area contributed by atoms with Crippen LogP contribution in [-0.4, -0.2) is 19.6 Å². The van der Waals surface area contributed by atoms with Gasteiger partial charge in [-0.3, -0.25) is 4.79 Å². The normalized spacial score (nSPS) is 11.5. The highest BCUT2D eigenvalue weighted by Crippen LogP contribution is 2.40. The van der Waals surface area contributed by atoms with E-state index in [0.717, 1.165) is 44.5 Å². The van der Waals surface area contributed by atoms with E-state index in [0.29, 0.717) is 18.0 Å². The molecule has 0 radical (unpaired) electrons. The first-order chi connectivity index (χ1) is 16.0. The fourth-order valence-corrected chi connectivity index (χ4v) is 3.93. The van der Waals surface area contributed by atoms with Gasteiger partial charge in [0.25, 0.3) is 0 Å². The van der Waals surface area contributed by atoms with Gasteiger partial charge in [0.15, 0.2) is 0 Å². The van der Waals surface area contributed by atoms with Gasteiger partial charge in [-0.1, -0.05) is 36.4 Å². The highest BCUT2D eigenvalue weighted by atomic mass is 16.5. The molecule has 0 saturated heterocycles. The molecule has 0 bridgehead atoms. The minimum absolute atomic E-state index is 0.226. The third kappa shape index (κ3) is 4.62. The number of rotatable bonds is 7. The number of carbonyl (C=O) groups excluding carboxylic acids is 1. The summed E-state index contributed by atoms with van der Waals surface area (Å²) in [5.41, 5.74) is 6.10. The molecule has 0 fully saturated rings. The summed E-state index contributed by atoms with van der Waals surface area (Å²) >= 11 is 0. The van der Waals surface area contributed by atoms with Gasteiger partial charge >= 0.3 is 0 Å². The Labute approximate surface area is 193 Å². The molecule has 4 rings (SSSR count). The van der Waals surface area contributed by atoms with E-state index in [1.54, 1.807) is 25.5 Å². The Hall–Kier alpha value is -3.99. The standard InChI is InChI=1S/C28H27NO4/c1-5-32-27-19(3)28-24(25(17-33-28)20-10-7-6-8-11-20)16-23(27)18(2)14-26(30)29-21-12-9-13-22(15-21)31-4/h6-17H,5H2,1-4H3,(H,29,30)/b18-14+. The minimum Gasteiger partial charge on any atom is -0.497 e. The number of ether oxygens (including phenoxy) is 2. The Bertz CT molecular complexity index is 1320. The maximum Gasteiger partial charge on any atom is 0.248 e. The fraction of sp³-hybridized carbons (Fsp3) is 0.179. The second kappa shape index (κ2) is 9.65. The number of nitrogens with one attached hydrogen (secondary N) is 1. The zero-order valence-electron chi connectivity index (χ0n) is 19.3. The molecular weight excluding hydrogens is 414 g/mol. The van der Waals surface area contributed by atoms with Crippen LogP contribution < -0.4 is 14.8 Å². The van der Waals surface area contributed by atoms with E-state index < -0.39 is 0 Å². The van der Waals surface area contributed by atoms with Crippen LogP contribution in [0, 0.1) is 6.92 Å². The van der Waals surface area contributed by atoms with Gasteiger partial charge in [0.05, 0.1) is 20.0 Å². The molecule has 0 aliphatic heterocycles. The second-order valence-electron chi connectivity index (χ2n) is 7.75. The van der Waals surface area contributed by atoms with Gasteiger partial charge in [0, 0.05) is 39.9 Å². The lowest BCUT2D eigenvalue weighted by atomic mass is 9.96. The molecule has 33 heavy (non-hydrogen) atoms. The van der Waals surface area contributed by atoms with Crippen LogP contribution in [0.15, 0.2) is 77.4 Å². The largest absolute Gasteiger partial charge is 0.497 e. The molecule has 3 aromatic carbocycles. The van der Waals surface area contributed by atoms with Crippen LogP contribution in [0.2, 0.25) is 0 Å². The lowest BCUT2D eigenvalue weighted by Crippen LogP contribution is -2.09. The van der Waals surface area contributed by atoms with E-state index in [1.165, 1.54) is 0 Å². The van der Waals surface area contributed by atoms with E-state index in [4.69, 9.17) is 13.9 Å². The average molecular weight is 442 g/mol. The number of benzene rings is 3. The van der Waals surface area contributed by atoms with Crippen LogP contribution in [0.1, 0.15) is 25.0 Å². The molecular formula is C28H27NO4. The smallest absolute Gasteiger partial charge is 0.248 e. The van der Waals surface area contributed by atoms with Gasteiger partial charge in [-0.05, 0) is 50.1 Å². The highest BCUT2D eigenvalue weighted by Gasteiger charge is 2.19. The summed E-state index contributed by atoms with van der Waals surface area (Å²) in [5, 5.41) is 3.88. The van der Waals surface area contributed by atoms with Crippen molar-refractivity contribution in [2.45, 2.75) is 20.8 Å². The first kappa shape index (κ1) is 22.2. The summed E-state index contributed by atoms with van der Waals surface area (Å²) in [7, 11) is 1.60. The van der Waals surface area contributed by atoms with Crippen LogP contribution in [-0.2, 0) is 4.79 Å². The lowest BCUT2D eigenvalue weighted by Gasteiger charge is -2.15. The van der Waals surface area contributed by atoms with Gasteiger partial charge < -0.3 is 19.2 Å². The lowest BCUT2D eigenvalue weighted by molar-refractivity contribution is -0.111. The van der Waals surface area contributed by atoms with Gasteiger partial charge in [-0.25, -0.2) is 0 Å². The molecule has 0 aliphatic carbocycles. The van der Waals surface area contributed by atoms with Gasteiger partial charge in [-0.2, -0.15) is 0 Å². The summed E-state index contributed by atoms with van der Waals surface area (Å²) in [6, 6.07) is 19.4. The van der Waals surface area contributed by atoms with E-state index in [2.05, 4.69) is 17.4 Å². The number of amides is 1. The van der Waals surface area contributed by atoms with Crippen molar-refractivity contribution in [3.63, 3.8) is 0 Å². The third-order valence-corrected chi connectivity index (χ3v) is 5.53. The molecule has 5 heteroatoms. The molecule has 0 aliphatic rings. The van der Waals surface area contributed by atoms with Gasteiger partial charge in [-0.15, -0.1) is 0 Å². The molecule has 0 unspecified atom stereocenters. The van der Waals surface area contributed by atoms with Gasteiger partial charge in [0.2, 0.25) is 5.91 Å². The van der Waals surface area contributed by atoms with Crippen molar-refractivity contribution in [3.05, 3.63) is 84.1 Å². The zero-order valence-corrected chi connectivity index (χ0v) is 19.3. The quantitative estimate of drug-likeness (QED) is 0.318. The number of fused-ring (bicyclic) bond motifs is 1. The monoisotopic (exact) mass is 441 g/mol. The Morgan fingerprint density at radius 1 is 1.09 bits per heavy atom. The summed E-state index contributed by atoms with van der Waals surface area (Å²) < 4.78 is 17.2. The molecule has 1 heterocycles. The van der Waals surface area contributed by atoms with Crippen molar-refractivity contribution in [2.75, 3.05) is 19.0 Å². The number of methoxy groups -OCH3 is 1. The maximum atomic E-state index is 12.8. The summed E-state index contributed by atoms with van der Waals surface area (Å²) in [6.07, 6.45) is 3.37. The predicted molar refractivity (Wildman–Crippen MR) is 133 cm³/mol. The van der Waals surface area contributed by atoms with E-state index in [-0.39, 0.29) is 5.91 Å². The average Bonchev–Trinajstić information content (AvgIpc) is 3.25. The molecule has 5 nitrogen and oxygen atoms in total. The van der Waals surface area contributed by atoms with Crippen LogP contribution in [0.5, 0.6) is 11.5 Å². The molecule has 1 N–H and O–H groups in total. The number of hydrogen-bond acceptors (Lipinski definition) is 4. The molecule has 168 valence electrons. The van der Waals surface area contributed by atoms with E-state index >= 15 is 0 Å². The Morgan fingerprint density at radius 2 is 1.88 bits per heavy atom. The first-order valence-corrected chi connectivity index (χ1v) is 10.9. The Morgan fingerprint density at radius 3 is 2.61 bits per heavy atom. The van der Waals surface area contributed by atoms with Crippen LogP contribution in [0.25, 0.3) is 27.7 Å². The molecule has 0 spiro atoms. The van der Waals surface area contributed by atoms with Crippen molar-refractivity contribution < 1.29 is 18.7 Å². The number of allylic oxidation sites excluding steroid dienone is 1. The fourth-order valence-electron chi connectivity index (χ4n) is 3.93. The van der Waals surface area contributed by atoms with Crippen LogP contribution in [0.3, 0.4) is 0 Å². The van der Waals surface area contributed by atoms with Crippen molar-refractivity contribution in [1.82, 2.24) is 0 Å². The number of hydrogen-bond donors (Lipinski definition) is 1. The molecule has 1 aromatic heterocycles. The minimum atomic E-state index is -0.226. The van der Waals surface area contributed by atoms with E-state index in [1.807, 2.05) is 63.2 Å². The van der Waals surface area contributed by atoms with Crippen molar-refractivity contribution in [3.8, 4) is 22.6 Å². The Balaban J connectivity index is 1.75. The van der Waals surface area contributed by atoms with Crippen LogP contribution >= 0.6 is 0 Å². The predicted octanol–water partition coefficient (Wildman–Crippen LogP) is 6.86. The number of aryl methyl sites for hydroxylation is 1. The van der Waals surface area contributed by atoms with Crippen molar-refractivity contribution in [2.24, 2.45) is 0 Å². The summed E-state index contributed by atoms with van der Waals surface area (Å²) in [4.78, 5) is 12.8. The zero-order chi connectivity index (χ0) is 23.4. The topological polar surface area (TPSA) is 60.7 Å². The van der Waals surface area contributed by atoms with Crippen LogP contribution in [0.4, 0.5) is 5.69 Å². The maximum absolute atomic E-state index is 12.8. The first-order valence-electron chi connectivity index (χ1n) is 10.9. The van der Waals surface area contributed by atoms with E-state index in [9.17, 15) is 4.79 Å². The van der Waals surface area contributed by atoms with Crippen molar-refractivity contribution >= 4 is 28.1 Å². The molecule has 0 saturated carbocycles. The molecule has 1 amide bonds. The second-order valence-corrected chi connectivity index (χ2v) is 7.75. The number of anilines is 1. The number of furan rings is 1.